The lowest BCUT2D eigenvalue weighted by atomic mass is 9.89. The number of hydrogen-bond acceptors (Lipinski definition) is 5. The van der Waals surface area contributed by atoms with Gasteiger partial charge in [-0.25, -0.2) is 0 Å². The first-order valence-corrected chi connectivity index (χ1v) is 8.12. The van der Waals surface area contributed by atoms with Gasteiger partial charge in [-0.15, -0.1) is 0 Å². The van der Waals surface area contributed by atoms with E-state index < -0.39 is 15.0 Å². The molecule has 21 heavy (non-hydrogen) atoms. The molecular weight excluding hydrogens is 296 g/mol. The molecule has 0 aliphatic heterocycles. The molecule has 1 saturated carbocycles. The normalized spacial score (nSPS) is 22.2. The Morgan fingerprint density at radius 1 is 1.33 bits per heavy atom. The molecule has 7 heteroatoms. The number of carbonyl (C=O) groups is 1. The first kappa shape index (κ1) is 15.8. The van der Waals surface area contributed by atoms with E-state index in [2.05, 4.69) is 0 Å². The fourth-order valence-electron chi connectivity index (χ4n) is 2.84. The highest BCUT2D eigenvalue weighted by Crippen LogP contribution is 2.38. The Labute approximate surface area is 123 Å². The summed E-state index contributed by atoms with van der Waals surface area (Å²) in [6.07, 6.45) is 2.57. The van der Waals surface area contributed by atoms with E-state index in [1.54, 1.807) is 0 Å². The van der Waals surface area contributed by atoms with E-state index in [0.29, 0.717) is 6.42 Å². The zero-order valence-corrected chi connectivity index (χ0v) is 12.7. The van der Waals surface area contributed by atoms with E-state index in [4.69, 9.17) is 4.74 Å². The van der Waals surface area contributed by atoms with Crippen LogP contribution in [-0.2, 0) is 10.1 Å². The molecular formula is C14H18O6S. The predicted octanol–water partition coefficient (Wildman–Crippen LogP) is 2.27. The number of methoxy groups -OCH3 is 1. The molecule has 1 aromatic rings. The van der Waals surface area contributed by atoms with Gasteiger partial charge in [0.25, 0.3) is 10.1 Å². The van der Waals surface area contributed by atoms with Gasteiger partial charge in [-0.2, -0.15) is 8.42 Å². The summed E-state index contributed by atoms with van der Waals surface area (Å²) in [5, 5.41) is 9.95. The SMILES string of the molecule is COc1cc(O)c(C(=O)C2CCCC2C)cc1S(=O)(=O)O. The van der Waals surface area contributed by atoms with Crippen molar-refractivity contribution < 1.29 is 27.6 Å². The Bertz CT molecular complexity index is 664. The molecule has 2 rings (SSSR count). The summed E-state index contributed by atoms with van der Waals surface area (Å²) in [5.74, 6) is -0.897. The third-order valence-electron chi connectivity index (χ3n) is 4.02. The van der Waals surface area contributed by atoms with Crippen molar-refractivity contribution in [2.45, 2.75) is 31.1 Å². The summed E-state index contributed by atoms with van der Waals surface area (Å²) in [7, 11) is -3.33. The molecule has 116 valence electrons. The van der Waals surface area contributed by atoms with Gasteiger partial charge in [0.05, 0.1) is 12.7 Å². The summed E-state index contributed by atoms with van der Waals surface area (Å²) in [6.45, 7) is 1.96. The molecule has 0 amide bonds. The van der Waals surface area contributed by atoms with Crippen LogP contribution >= 0.6 is 0 Å². The van der Waals surface area contributed by atoms with Gasteiger partial charge in [-0.05, 0) is 24.8 Å². The monoisotopic (exact) mass is 314 g/mol. The molecule has 0 bridgehead atoms. The van der Waals surface area contributed by atoms with Gasteiger partial charge in [0.15, 0.2) is 5.78 Å². The lowest BCUT2D eigenvalue weighted by Gasteiger charge is -2.16. The third-order valence-corrected chi connectivity index (χ3v) is 4.90. The number of aromatic hydroxyl groups is 1. The van der Waals surface area contributed by atoms with Crippen molar-refractivity contribution in [3.05, 3.63) is 17.7 Å². The van der Waals surface area contributed by atoms with Gasteiger partial charge >= 0.3 is 0 Å². The highest BCUT2D eigenvalue weighted by atomic mass is 32.2. The number of benzene rings is 1. The Kier molecular flexibility index (Phi) is 4.25. The van der Waals surface area contributed by atoms with E-state index in [1.807, 2.05) is 6.92 Å². The lowest BCUT2D eigenvalue weighted by molar-refractivity contribution is 0.0894. The van der Waals surface area contributed by atoms with Gasteiger partial charge in [-0.3, -0.25) is 9.35 Å². The molecule has 2 atom stereocenters. The number of hydrogen-bond donors (Lipinski definition) is 2. The van der Waals surface area contributed by atoms with Gasteiger partial charge < -0.3 is 9.84 Å². The first-order valence-electron chi connectivity index (χ1n) is 6.68. The number of phenols is 1. The first-order chi connectivity index (χ1) is 9.75. The quantitative estimate of drug-likeness (QED) is 0.653. The molecule has 0 spiro atoms. The molecule has 2 N–H and O–H groups in total. The van der Waals surface area contributed by atoms with Gasteiger partial charge in [0.1, 0.15) is 16.4 Å². The molecule has 0 radical (unpaired) electrons. The largest absolute Gasteiger partial charge is 0.507 e. The maximum Gasteiger partial charge on any atom is 0.298 e. The molecule has 0 aromatic heterocycles. The average molecular weight is 314 g/mol. The van der Waals surface area contributed by atoms with Crippen molar-refractivity contribution in [1.82, 2.24) is 0 Å². The topological polar surface area (TPSA) is 101 Å². The molecule has 1 fully saturated rings. The third kappa shape index (κ3) is 3.03. The Hall–Kier alpha value is -1.60. The van der Waals surface area contributed by atoms with Crippen LogP contribution in [0.25, 0.3) is 0 Å². The van der Waals surface area contributed by atoms with Crippen LogP contribution in [0, 0.1) is 11.8 Å². The molecule has 0 heterocycles. The second kappa shape index (κ2) is 5.65. The summed E-state index contributed by atoms with van der Waals surface area (Å²) < 4.78 is 36.8. The summed E-state index contributed by atoms with van der Waals surface area (Å²) >= 11 is 0. The van der Waals surface area contributed by atoms with Gasteiger partial charge in [0, 0.05) is 12.0 Å². The van der Waals surface area contributed by atoms with Crippen LogP contribution in [0.5, 0.6) is 11.5 Å². The smallest absolute Gasteiger partial charge is 0.298 e. The maximum absolute atomic E-state index is 12.5. The number of ether oxygens (including phenoxy) is 1. The van der Waals surface area contributed by atoms with Crippen LogP contribution in [0.4, 0.5) is 0 Å². The van der Waals surface area contributed by atoms with E-state index in [9.17, 15) is 22.9 Å². The maximum atomic E-state index is 12.5. The number of ketones is 1. The van der Waals surface area contributed by atoms with Crippen molar-refractivity contribution in [3.8, 4) is 11.5 Å². The average Bonchev–Trinajstić information content (AvgIpc) is 2.82. The predicted molar refractivity (Wildman–Crippen MR) is 75.3 cm³/mol. The van der Waals surface area contributed by atoms with Crippen molar-refractivity contribution in [3.63, 3.8) is 0 Å². The summed E-state index contributed by atoms with van der Waals surface area (Å²) in [6, 6.07) is 2.02. The minimum atomic E-state index is -4.54. The second-order valence-electron chi connectivity index (χ2n) is 5.37. The van der Waals surface area contributed by atoms with Crippen molar-refractivity contribution >= 4 is 15.9 Å². The Balaban J connectivity index is 2.52. The number of rotatable bonds is 4. The lowest BCUT2D eigenvalue weighted by Crippen LogP contribution is -2.18. The zero-order chi connectivity index (χ0) is 15.8. The van der Waals surface area contributed by atoms with Crippen molar-refractivity contribution in [2.75, 3.05) is 7.11 Å². The van der Waals surface area contributed by atoms with Crippen LogP contribution in [0.3, 0.4) is 0 Å². The molecule has 0 saturated heterocycles. The van der Waals surface area contributed by atoms with Crippen LogP contribution < -0.4 is 4.74 Å². The van der Waals surface area contributed by atoms with E-state index in [0.717, 1.165) is 25.0 Å². The molecule has 1 aromatic carbocycles. The minimum absolute atomic E-state index is 0.0952. The Morgan fingerprint density at radius 3 is 2.48 bits per heavy atom. The Morgan fingerprint density at radius 2 is 2.00 bits per heavy atom. The fraction of sp³-hybridized carbons (Fsp3) is 0.500. The van der Waals surface area contributed by atoms with Crippen LogP contribution in [0.15, 0.2) is 17.0 Å². The highest BCUT2D eigenvalue weighted by Gasteiger charge is 2.33. The van der Waals surface area contributed by atoms with E-state index in [1.165, 1.54) is 7.11 Å². The molecule has 1 aliphatic rings. The van der Waals surface area contributed by atoms with Gasteiger partial charge in [-0.1, -0.05) is 13.3 Å². The highest BCUT2D eigenvalue weighted by molar-refractivity contribution is 7.86. The van der Waals surface area contributed by atoms with Crippen LogP contribution in [0.1, 0.15) is 36.5 Å². The fourth-order valence-corrected chi connectivity index (χ4v) is 3.51. The summed E-state index contributed by atoms with van der Waals surface area (Å²) in [4.78, 5) is 12.0. The number of Topliss-reactive ketones (excluding diaryl/α,β-unsaturated/α-hetero) is 1. The van der Waals surface area contributed by atoms with Crippen LogP contribution in [0.2, 0.25) is 0 Å². The summed E-state index contributed by atoms with van der Waals surface area (Å²) in [5.41, 5.74) is -0.0952. The van der Waals surface area contributed by atoms with Gasteiger partial charge in [0.2, 0.25) is 0 Å². The molecule has 1 aliphatic carbocycles. The van der Waals surface area contributed by atoms with E-state index >= 15 is 0 Å². The molecule has 6 nitrogen and oxygen atoms in total. The second-order valence-corrected chi connectivity index (χ2v) is 6.76. The number of phenolic OH excluding ortho intramolecular Hbond substituents is 1. The van der Waals surface area contributed by atoms with Crippen molar-refractivity contribution in [2.24, 2.45) is 11.8 Å². The van der Waals surface area contributed by atoms with E-state index in [-0.39, 0.29) is 34.7 Å². The van der Waals surface area contributed by atoms with Crippen molar-refractivity contribution in [1.29, 1.82) is 0 Å². The standard InChI is InChI=1S/C14H18O6S/c1-8-4-3-5-9(8)14(16)10-6-13(21(17,18)19)12(20-2)7-11(10)15/h6-9,15H,3-5H2,1-2H3,(H,17,18,19). The number of carbonyl (C=O) groups excluding carboxylic acids is 1. The zero-order valence-electron chi connectivity index (χ0n) is 11.9. The minimum Gasteiger partial charge on any atom is -0.507 e. The molecule has 2 unspecified atom stereocenters. The van der Waals surface area contributed by atoms with Crippen LogP contribution in [-0.4, -0.2) is 31.0 Å².